The van der Waals surface area contributed by atoms with Crippen molar-refractivity contribution in [1.82, 2.24) is 19.2 Å². The Morgan fingerprint density at radius 3 is 2.76 bits per heavy atom. The fraction of sp³-hybridized carbons (Fsp3) is 0.429. The van der Waals surface area contributed by atoms with E-state index in [1.165, 1.54) is 0 Å². The maximum absolute atomic E-state index is 12.9. The van der Waals surface area contributed by atoms with Gasteiger partial charge in [0, 0.05) is 49.8 Å². The molecule has 2 aromatic heterocycles. The number of rotatable bonds is 7. The molecule has 4 rings (SSSR count). The lowest BCUT2D eigenvalue weighted by molar-refractivity contribution is -0.121. The van der Waals surface area contributed by atoms with Gasteiger partial charge in [0.15, 0.2) is 0 Å². The van der Waals surface area contributed by atoms with Crippen LogP contribution < -0.4 is 10.9 Å². The molecule has 8 heteroatoms. The molecule has 0 atom stereocenters. The van der Waals surface area contributed by atoms with Gasteiger partial charge >= 0.3 is 0 Å². The first kappa shape index (κ1) is 20.1. The number of ether oxygens (including phenoxy) is 1. The number of amides is 1. The number of hydrogen-bond donors (Lipinski definition) is 1. The standard InChI is InChI=1S/C21H25BrN4O3/c22-16-5-6-17-19(15-16)26(21(28)18-3-1-8-25(17)18)9-2-4-20(27)23-7-10-24-11-13-29-14-12-24/h1,3,5-6,8,15H,2,4,7,9-14H2,(H,23,27). The number of morpholine rings is 1. The molecule has 0 saturated carbocycles. The van der Waals surface area contributed by atoms with E-state index in [-0.39, 0.29) is 11.5 Å². The second-order valence-electron chi connectivity index (χ2n) is 7.26. The molecule has 154 valence electrons. The smallest absolute Gasteiger partial charge is 0.275 e. The van der Waals surface area contributed by atoms with E-state index in [4.69, 9.17) is 4.74 Å². The molecular weight excluding hydrogens is 436 g/mol. The van der Waals surface area contributed by atoms with Gasteiger partial charge in [-0.15, -0.1) is 0 Å². The third-order valence-corrected chi connectivity index (χ3v) is 5.83. The van der Waals surface area contributed by atoms with E-state index in [1.54, 1.807) is 4.57 Å². The zero-order chi connectivity index (χ0) is 20.2. The van der Waals surface area contributed by atoms with Crippen molar-refractivity contribution in [3.63, 3.8) is 0 Å². The van der Waals surface area contributed by atoms with Gasteiger partial charge in [-0.25, -0.2) is 0 Å². The molecule has 7 nitrogen and oxygen atoms in total. The topological polar surface area (TPSA) is 68.0 Å². The van der Waals surface area contributed by atoms with E-state index in [2.05, 4.69) is 26.1 Å². The lowest BCUT2D eigenvalue weighted by Gasteiger charge is -2.26. The van der Waals surface area contributed by atoms with Crippen LogP contribution in [-0.2, 0) is 16.1 Å². The van der Waals surface area contributed by atoms with Crippen molar-refractivity contribution in [3.8, 4) is 0 Å². The van der Waals surface area contributed by atoms with E-state index >= 15 is 0 Å². The number of hydrogen-bond acceptors (Lipinski definition) is 4. The first-order chi connectivity index (χ1) is 14.1. The highest BCUT2D eigenvalue weighted by molar-refractivity contribution is 9.10. The second kappa shape index (κ2) is 9.11. The molecule has 1 fully saturated rings. The zero-order valence-electron chi connectivity index (χ0n) is 16.3. The van der Waals surface area contributed by atoms with Gasteiger partial charge in [0.1, 0.15) is 5.52 Å². The number of benzene rings is 1. The lowest BCUT2D eigenvalue weighted by Crippen LogP contribution is -2.41. The van der Waals surface area contributed by atoms with E-state index in [0.717, 1.165) is 48.4 Å². The Balaban J connectivity index is 1.38. The van der Waals surface area contributed by atoms with Crippen LogP contribution in [0.3, 0.4) is 0 Å². The van der Waals surface area contributed by atoms with Crippen molar-refractivity contribution in [3.05, 3.63) is 51.4 Å². The first-order valence-corrected chi connectivity index (χ1v) is 10.8. The van der Waals surface area contributed by atoms with E-state index in [9.17, 15) is 9.59 Å². The van der Waals surface area contributed by atoms with Crippen molar-refractivity contribution in [2.75, 3.05) is 39.4 Å². The average molecular weight is 461 g/mol. The maximum Gasteiger partial charge on any atom is 0.275 e. The van der Waals surface area contributed by atoms with Gasteiger partial charge < -0.3 is 19.0 Å². The van der Waals surface area contributed by atoms with Gasteiger partial charge in [0.05, 0.1) is 24.2 Å². The summed E-state index contributed by atoms with van der Waals surface area (Å²) in [5, 5.41) is 2.98. The monoisotopic (exact) mass is 460 g/mol. The van der Waals surface area contributed by atoms with Crippen LogP contribution in [0.4, 0.5) is 0 Å². The summed E-state index contributed by atoms with van der Waals surface area (Å²) >= 11 is 3.50. The summed E-state index contributed by atoms with van der Waals surface area (Å²) in [6.45, 7) is 5.36. The van der Waals surface area contributed by atoms with Crippen LogP contribution in [0.25, 0.3) is 16.6 Å². The highest BCUT2D eigenvalue weighted by Gasteiger charge is 2.12. The van der Waals surface area contributed by atoms with Gasteiger partial charge in [0.25, 0.3) is 5.56 Å². The Labute approximate surface area is 177 Å². The summed E-state index contributed by atoms with van der Waals surface area (Å²) in [7, 11) is 0. The molecule has 1 aliphatic heterocycles. The van der Waals surface area contributed by atoms with Crippen molar-refractivity contribution < 1.29 is 9.53 Å². The molecule has 1 saturated heterocycles. The molecule has 1 amide bonds. The summed E-state index contributed by atoms with van der Waals surface area (Å²) in [6, 6.07) is 9.64. The van der Waals surface area contributed by atoms with Crippen LogP contribution in [0.1, 0.15) is 12.8 Å². The van der Waals surface area contributed by atoms with Gasteiger partial charge in [-0.05, 0) is 36.8 Å². The third-order valence-electron chi connectivity index (χ3n) is 5.34. The Bertz CT molecular complexity index is 1070. The Morgan fingerprint density at radius 2 is 1.93 bits per heavy atom. The molecule has 0 aliphatic carbocycles. The Kier molecular flexibility index (Phi) is 6.32. The average Bonchev–Trinajstić information content (AvgIpc) is 3.21. The van der Waals surface area contributed by atoms with Crippen LogP contribution in [0.2, 0.25) is 0 Å². The van der Waals surface area contributed by atoms with Crippen LogP contribution >= 0.6 is 15.9 Å². The van der Waals surface area contributed by atoms with Crippen molar-refractivity contribution in [2.24, 2.45) is 0 Å². The molecule has 3 aromatic rings. The quantitative estimate of drug-likeness (QED) is 0.586. The number of halogens is 1. The van der Waals surface area contributed by atoms with Gasteiger partial charge in [0.2, 0.25) is 5.91 Å². The number of carbonyl (C=O) groups is 1. The number of fused-ring (bicyclic) bond motifs is 3. The molecule has 1 N–H and O–H groups in total. The minimum absolute atomic E-state index is 0.0283. The zero-order valence-corrected chi connectivity index (χ0v) is 17.9. The summed E-state index contributed by atoms with van der Waals surface area (Å²) in [6.07, 6.45) is 2.91. The molecule has 0 spiro atoms. The summed E-state index contributed by atoms with van der Waals surface area (Å²) in [5.41, 5.74) is 2.45. The largest absolute Gasteiger partial charge is 0.379 e. The lowest BCUT2D eigenvalue weighted by atomic mass is 10.2. The van der Waals surface area contributed by atoms with Crippen LogP contribution in [0, 0.1) is 0 Å². The third kappa shape index (κ3) is 4.55. The van der Waals surface area contributed by atoms with E-state index < -0.39 is 0 Å². The fourth-order valence-corrected chi connectivity index (χ4v) is 4.16. The van der Waals surface area contributed by atoms with Crippen molar-refractivity contribution in [2.45, 2.75) is 19.4 Å². The number of aromatic nitrogens is 2. The number of nitrogens with zero attached hydrogens (tertiary/aromatic N) is 3. The minimum Gasteiger partial charge on any atom is -0.379 e. The predicted molar refractivity (Wildman–Crippen MR) is 116 cm³/mol. The van der Waals surface area contributed by atoms with Gasteiger partial charge in [-0.2, -0.15) is 0 Å². The number of aryl methyl sites for hydroxylation is 1. The molecule has 29 heavy (non-hydrogen) atoms. The molecule has 0 unspecified atom stereocenters. The molecule has 3 heterocycles. The second-order valence-corrected chi connectivity index (χ2v) is 8.18. The Hall–Kier alpha value is -2.16. The fourth-order valence-electron chi connectivity index (χ4n) is 3.82. The van der Waals surface area contributed by atoms with E-state index in [1.807, 2.05) is 40.9 Å². The number of carbonyl (C=O) groups excluding carboxylic acids is 1. The predicted octanol–water partition coefficient (Wildman–Crippen LogP) is 2.25. The van der Waals surface area contributed by atoms with Crippen molar-refractivity contribution in [1.29, 1.82) is 0 Å². The van der Waals surface area contributed by atoms with Gasteiger partial charge in [-0.3, -0.25) is 14.5 Å². The highest BCUT2D eigenvalue weighted by Crippen LogP contribution is 2.20. The molecule has 0 radical (unpaired) electrons. The van der Waals surface area contributed by atoms with Crippen LogP contribution in [0.5, 0.6) is 0 Å². The summed E-state index contributed by atoms with van der Waals surface area (Å²) in [4.78, 5) is 27.4. The van der Waals surface area contributed by atoms with Crippen LogP contribution in [-0.4, -0.2) is 59.2 Å². The minimum atomic E-state index is -0.0340. The SMILES string of the molecule is O=C(CCCn1c(=O)c2cccn2c2ccc(Br)cc21)NCCN1CCOCC1. The maximum atomic E-state index is 12.9. The number of nitrogens with one attached hydrogen (secondary N) is 1. The summed E-state index contributed by atoms with van der Waals surface area (Å²) < 4.78 is 9.94. The Morgan fingerprint density at radius 1 is 1.10 bits per heavy atom. The molecule has 1 aromatic carbocycles. The molecular formula is C21H25BrN4O3. The van der Waals surface area contributed by atoms with Gasteiger partial charge in [-0.1, -0.05) is 15.9 Å². The van der Waals surface area contributed by atoms with Crippen LogP contribution in [0.15, 0.2) is 45.8 Å². The summed E-state index contributed by atoms with van der Waals surface area (Å²) in [5.74, 6) is 0.0283. The van der Waals surface area contributed by atoms with E-state index in [0.29, 0.717) is 31.4 Å². The first-order valence-electron chi connectivity index (χ1n) is 9.99. The molecule has 1 aliphatic rings. The van der Waals surface area contributed by atoms with Crippen molar-refractivity contribution >= 4 is 38.4 Å². The normalized spacial score (nSPS) is 15.2. The highest BCUT2D eigenvalue weighted by atomic mass is 79.9. The molecule has 0 bridgehead atoms.